The Balaban J connectivity index is 1.76. The zero-order valence-electron chi connectivity index (χ0n) is 19.2. The van der Waals surface area contributed by atoms with Crippen LogP contribution in [-0.4, -0.2) is 86.4 Å². The normalized spacial score (nSPS) is 17.6. The van der Waals surface area contributed by atoms with E-state index < -0.39 is 6.10 Å². The quantitative estimate of drug-likeness (QED) is 0.306. The Morgan fingerprint density at radius 1 is 1.13 bits per heavy atom. The van der Waals surface area contributed by atoms with Gasteiger partial charge in [-0.2, -0.15) is 0 Å². The highest BCUT2D eigenvalue weighted by Gasteiger charge is 2.12. The molecular formula is C23H41N5O2. The van der Waals surface area contributed by atoms with Crippen molar-refractivity contribution in [3.63, 3.8) is 0 Å². The number of benzene rings is 1. The fourth-order valence-corrected chi connectivity index (χ4v) is 3.50. The van der Waals surface area contributed by atoms with Gasteiger partial charge in [0.2, 0.25) is 0 Å². The average molecular weight is 420 g/mol. The monoisotopic (exact) mass is 419 g/mol. The second-order valence-corrected chi connectivity index (χ2v) is 8.25. The van der Waals surface area contributed by atoms with Crippen molar-refractivity contribution in [2.45, 2.75) is 45.8 Å². The van der Waals surface area contributed by atoms with Gasteiger partial charge >= 0.3 is 0 Å². The summed E-state index contributed by atoms with van der Waals surface area (Å²) in [5.41, 5.74) is 0.844. The van der Waals surface area contributed by atoms with Crippen LogP contribution in [0.25, 0.3) is 0 Å². The van der Waals surface area contributed by atoms with Crippen LogP contribution in [-0.2, 0) is 0 Å². The summed E-state index contributed by atoms with van der Waals surface area (Å²) in [5, 5.41) is 17.1. The minimum absolute atomic E-state index is 0.139. The molecule has 1 fully saturated rings. The summed E-state index contributed by atoms with van der Waals surface area (Å²) in [6.07, 6.45) is 1.83. The highest BCUT2D eigenvalue weighted by Crippen LogP contribution is 2.19. The molecule has 2 rings (SSSR count). The summed E-state index contributed by atoms with van der Waals surface area (Å²) in [7, 11) is 2.20. The third-order valence-electron chi connectivity index (χ3n) is 5.16. The van der Waals surface area contributed by atoms with Gasteiger partial charge in [-0.1, -0.05) is 12.1 Å². The number of aliphatic hydroxyl groups excluding tert-OH is 1. The van der Waals surface area contributed by atoms with Crippen LogP contribution in [0.5, 0.6) is 5.75 Å². The molecule has 30 heavy (non-hydrogen) atoms. The van der Waals surface area contributed by atoms with Crippen LogP contribution in [0.2, 0.25) is 0 Å². The van der Waals surface area contributed by atoms with E-state index in [2.05, 4.69) is 39.4 Å². The zero-order valence-corrected chi connectivity index (χ0v) is 19.2. The molecule has 1 aromatic carbocycles. The molecule has 0 spiro atoms. The summed E-state index contributed by atoms with van der Waals surface area (Å²) >= 11 is 0. The molecule has 1 saturated heterocycles. The summed E-state index contributed by atoms with van der Waals surface area (Å²) < 4.78 is 5.65. The van der Waals surface area contributed by atoms with Gasteiger partial charge in [-0.3, -0.25) is 4.99 Å². The zero-order chi connectivity index (χ0) is 21.8. The number of guanidine groups is 1. The van der Waals surface area contributed by atoms with E-state index in [9.17, 15) is 5.11 Å². The number of hydrogen-bond acceptors (Lipinski definition) is 5. The van der Waals surface area contributed by atoms with Crippen molar-refractivity contribution in [2.75, 3.05) is 59.4 Å². The molecule has 1 aromatic rings. The molecule has 0 bridgehead atoms. The van der Waals surface area contributed by atoms with Crippen LogP contribution in [0.1, 0.15) is 45.3 Å². The van der Waals surface area contributed by atoms with Crippen molar-refractivity contribution >= 4 is 5.96 Å². The van der Waals surface area contributed by atoms with Gasteiger partial charge in [-0.05, 0) is 78.0 Å². The first-order chi connectivity index (χ1) is 14.5. The van der Waals surface area contributed by atoms with Gasteiger partial charge in [0.15, 0.2) is 5.96 Å². The lowest BCUT2D eigenvalue weighted by Gasteiger charge is -2.20. The molecule has 170 valence electrons. The Morgan fingerprint density at radius 3 is 2.60 bits per heavy atom. The standard InChI is InChI=1S/C23H41N5O2/c1-5-24-23(25-12-6-14-28-15-7-13-27(4)16-17-28)26-18-22(29)20-8-10-21(11-9-20)30-19(2)3/h8-11,19,22,29H,5-7,12-18H2,1-4H3,(H2,24,25,26). The van der Waals surface area contributed by atoms with Gasteiger partial charge in [0.25, 0.3) is 0 Å². The minimum atomic E-state index is -0.636. The number of aliphatic imine (C=N–C) groups is 1. The topological polar surface area (TPSA) is 72.4 Å². The van der Waals surface area contributed by atoms with Gasteiger partial charge in [-0.15, -0.1) is 0 Å². The van der Waals surface area contributed by atoms with Gasteiger partial charge in [0.05, 0.1) is 18.8 Å². The maximum absolute atomic E-state index is 10.5. The van der Waals surface area contributed by atoms with Crippen LogP contribution in [0.3, 0.4) is 0 Å². The summed E-state index contributed by atoms with van der Waals surface area (Å²) in [6.45, 7) is 13.8. The lowest BCUT2D eigenvalue weighted by molar-refractivity contribution is 0.186. The van der Waals surface area contributed by atoms with E-state index in [0.29, 0.717) is 6.54 Å². The van der Waals surface area contributed by atoms with E-state index >= 15 is 0 Å². The summed E-state index contributed by atoms with van der Waals surface area (Å²) in [4.78, 5) is 9.52. The van der Waals surface area contributed by atoms with Crippen LogP contribution >= 0.6 is 0 Å². The molecule has 0 aromatic heterocycles. The van der Waals surface area contributed by atoms with Crippen molar-refractivity contribution in [2.24, 2.45) is 4.99 Å². The van der Waals surface area contributed by atoms with Crippen molar-refractivity contribution in [3.8, 4) is 5.75 Å². The van der Waals surface area contributed by atoms with Crippen LogP contribution in [0.15, 0.2) is 29.3 Å². The smallest absolute Gasteiger partial charge is 0.191 e. The largest absolute Gasteiger partial charge is 0.491 e. The number of hydrogen-bond donors (Lipinski definition) is 3. The summed E-state index contributed by atoms with van der Waals surface area (Å²) in [6, 6.07) is 7.59. The van der Waals surface area contributed by atoms with Gasteiger partial charge in [0.1, 0.15) is 5.75 Å². The Morgan fingerprint density at radius 2 is 1.90 bits per heavy atom. The van der Waals surface area contributed by atoms with Crippen LogP contribution < -0.4 is 15.4 Å². The number of ether oxygens (including phenoxy) is 1. The molecular weight excluding hydrogens is 378 g/mol. The second-order valence-electron chi connectivity index (χ2n) is 8.25. The highest BCUT2D eigenvalue weighted by atomic mass is 16.5. The van der Waals surface area contributed by atoms with Crippen molar-refractivity contribution in [1.82, 2.24) is 20.4 Å². The van der Waals surface area contributed by atoms with E-state index in [1.807, 2.05) is 38.1 Å². The summed E-state index contributed by atoms with van der Waals surface area (Å²) in [5.74, 6) is 1.57. The molecule has 3 N–H and O–H groups in total. The Labute approximate surface area is 182 Å². The van der Waals surface area contributed by atoms with Crippen molar-refractivity contribution in [3.05, 3.63) is 29.8 Å². The molecule has 7 nitrogen and oxygen atoms in total. The maximum atomic E-state index is 10.5. The first kappa shape index (κ1) is 24.4. The molecule has 0 aliphatic carbocycles. The van der Waals surface area contributed by atoms with E-state index in [-0.39, 0.29) is 6.10 Å². The lowest BCUT2D eigenvalue weighted by Crippen LogP contribution is -2.39. The van der Waals surface area contributed by atoms with E-state index in [1.54, 1.807) is 0 Å². The van der Waals surface area contributed by atoms with Crippen LogP contribution in [0.4, 0.5) is 0 Å². The average Bonchev–Trinajstić information content (AvgIpc) is 2.93. The highest BCUT2D eigenvalue weighted by molar-refractivity contribution is 5.79. The molecule has 1 aliphatic rings. The fourth-order valence-electron chi connectivity index (χ4n) is 3.50. The van der Waals surface area contributed by atoms with E-state index in [4.69, 9.17) is 4.74 Å². The van der Waals surface area contributed by atoms with Crippen molar-refractivity contribution in [1.29, 1.82) is 0 Å². The molecule has 1 aliphatic heterocycles. The Bertz CT molecular complexity index is 621. The van der Waals surface area contributed by atoms with Crippen LogP contribution in [0, 0.1) is 0 Å². The lowest BCUT2D eigenvalue weighted by atomic mass is 10.1. The molecule has 7 heteroatoms. The van der Waals surface area contributed by atoms with Gasteiger partial charge in [-0.25, -0.2) is 0 Å². The molecule has 1 unspecified atom stereocenters. The third-order valence-corrected chi connectivity index (χ3v) is 5.16. The number of nitrogens with zero attached hydrogens (tertiary/aromatic N) is 3. The molecule has 0 saturated carbocycles. The molecule has 0 amide bonds. The SMILES string of the molecule is CCNC(=NCC(O)c1ccc(OC(C)C)cc1)NCCCN1CCCN(C)CC1. The first-order valence-electron chi connectivity index (χ1n) is 11.4. The Kier molecular flexibility index (Phi) is 11.0. The number of likely N-dealkylation sites (N-methyl/N-ethyl adjacent to an activating group) is 1. The number of rotatable bonds is 10. The minimum Gasteiger partial charge on any atom is -0.491 e. The van der Waals surface area contributed by atoms with Crippen molar-refractivity contribution < 1.29 is 9.84 Å². The predicted molar refractivity (Wildman–Crippen MR) is 124 cm³/mol. The van der Waals surface area contributed by atoms with E-state index in [1.165, 1.54) is 19.5 Å². The molecule has 0 radical (unpaired) electrons. The van der Waals surface area contributed by atoms with E-state index in [0.717, 1.165) is 56.4 Å². The number of aliphatic hydroxyl groups is 1. The predicted octanol–water partition coefficient (Wildman–Crippen LogP) is 2.09. The Hall–Kier alpha value is -1.83. The second kappa shape index (κ2) is 13.5. The van der Waals surface area contributed by atoms with Gasteiger partial charge in [0, 0.05) is 26.2 Å². The molecule has 1 heterocycles. The third kappa shape index (κ3) is 9.32. The maximum Gasteiger partial charge on any atom is 0.191 e. The molecule has 1 atom stereocenters. The fraction of sp³-hybridized carbons (Fsp3) is 0.696. The first-order valence-corrected chi connectivity index (χ1v) is 11.4. The number of nitrogens with one attached hydrogen (secondary N) is 2. The van der Waals surface area contributed by atoms with Gasteiger partial charge < -0.3 is 30.3 Å².